The number of carbonyl (C=O) groups is 1. The summed E-state index contributed by atoms with van der Waals surface area (Å²) in [5.41, 5.74) is 2.83. The van der Waals surface area contributed by atoms with Crippen LogP contribution in [0.4, 0.5) is 0 Å². The summed E-state index contributed by atoms with van der Waals surface area (Å²) in [6.07, 6.45) is 3.88. The van der Waals surface area contributed by atoms with Crippen molar-refractivity contribution in [3.8, 4) is 5.69 Å². The van der Waals surface area contributed by atoms with E-state index >= 15 is 0 Å². The molecule has 4 nitrogen and oxygen atoms in total. The number of nitrogens with one attached hydrogen (secondary N) is 1. The van der Waals surface area contributed by atoms with Crippen LogP contribution in [-0.4, -0.2) is 15.7 Å². The van der Waals surface area contributed by atoms with E-state index < -0.39 is 0 Å². The maximum absolute atomic E-state index is 12.0. The smallest absolute Gasteiger partial charge is 0.224 e. The minimum absolute atomic E-state index is 0.0652. The van der Waals surface area contributed by atoms with E-state index in [4.69, 9.17) is 23.2 Å². The SMILES string of the molecule is O=C(Cc1ccc(Cl)c(Cl)c1)NCc1ccc(-n2cccn2)cc1. The molecule has 0 aliphatic rings. The van der Waals surface area contributed by atoms with Crippen LogP contribution in [0.2, 0.25) is 10.0 Å². The third kappa shape index (κ3) is 4.16. The number of hydrogen-bond acceptors (Lipinski definition) is 2. The third-order valence-corrected chi connectivity index (χ3v) is 4.28. The van der Waals surface area contributed by atoms with Crippen LogP contribution in [0.25, 0.3) is 5.69 Å². The molecule has 2 aromatic carbocycles. The van der Waals surface area contributed by atoms with Crippen molar-refractivity contribution in [2.24, 2.45) is 0 Å². The number of hydrogen-bond donors (Lipinski definition) is 1. The molecule has 0 aliphatic carbocycles. The summed E-state index contributed by atoms with van der Waals surface area (Å²) in [5.74, 6) is -0.0652. The van der Waals surface area contributed by atoms with Crippen molar-refractivity contribution in [1.29, 1.82) is 0 Å². The van der Waals surface area contributed by atoms with Crippen LogP contribution in [0.5, 0.6) is 0 Å². The van der Waals surface area contributed by atoms with Gasteiger partial charge in [-0.25, -0.2) is 4.68 Å². The van der Waals surface area contributed by atoms with Crippen LogP contribution in [-0.2, 0) is 17.8 Å². The minimum Gasteiger partial charge on any atom is -0.352 e. The van der Waals surface area contributed by atoms with Crippen molar-refractivity contribution < 1.29 is 4.79 Å². The molecule has 0 saturated carbocycles. The van der Waals surface area contributed by atoms with Gasteiger partial charge in [0.1, 0.15) is 0 Å². The standard InChI is InChI=1S/C18H15Cl2N3O/c19-16-7-4-14(10-17(16)20)11-18(24)21-12-13-2-5-15(6-3-13)23-9-1-8-22-23/h1-10H,11-12H2,(H,21,24). The van der Waals surface area contributed by atoms with E-state index in [2.05, 4.69) is 10.4 Å². The topological polar surface area (TPSA) is 46.9 Å². The average molecular weight is 360 g/mol. The summed E-state index contributed by atoms with van der Waals surface area (Å²) in [7, 11) is 0. The minimum atomic E-state index is -0.0652. The second kappa shape index (κ2) is 7.51. The fraction of sp³-hybridized carbons (Fsp3) is 0.111. The number of rotatable bonds is 5. The summed E-state index contributed by atoms with van der Waals surface area (Å²) < 4.78 is 1.78. The molecule has 0 spiro atoms. The van der Waals surface area contributed by atoms with Crippen molar-refractivity contribution in [1.82, 2.24) is 15.1 Å². The monoisotopic (exact) mass is 359 g/mol. The van der Waals surface area contributed by atoms with E-state index in [1.54, 1.807) is 29.1 Å². The zero-order chi connectivity index (χ0) is 16.9. The van der Waals surface area contributed by atoms with Gasteiger partial charge in [0.2, 0.25) is 5.91 Å². The molecule has 6 heteroatoms. The lowest BCUT2D eigenvalue weighted by Crippen LogP contribution is -2.24. The maximum atomic E-state index is 12.0. The van der Waals surface area contributed by atoms with E-state index in [1.807, 2.05) is 36.5 Å². The van der Waals surface area contributed by atoms with Gasteiger partial charge in [-0.05, 0) is 41.5 Å². The first-order valence-electron chi connectivity index (χ1n) is 7.41. The first-order chi connectivity index (χ1) is 11.6. The van der Waals surface area contributed by atoms with Gasteiger partial charge in [0.25, 0.3) is 0 Å². The lowest BCUT2D eigenvalue weighted by molar-refractivity contribution is -0.120. The molecule has 3 aromatic rings. The molecule has 0 atom stereocenters. The van der Waals surface area contributed by atoms with E-state index in [-0.39, 0.29) is 12.3 Å². The molecule has 1 amide bonds. The van der Waals surface area contributed by atoms with Gasteiger partial charge in [0.05, 0.1) is 22.2 Å². The van der Waals surface area contributed by atoms with Crippen LogP contribution in [0.3, 0.4) is 0 Å². The van der Waals surface area contributed by atoms with E-state index in [1.165, 1.54) is 0 Å². The van der Waals surface area contributed by atoms with Gasteiger partial charge in [-0.2, -0.15) is 5.10 Å². The van der Waals surface area contributed by atoms with Crippen LogP contribution in [0, 0.1) is 0 Å². The number of halogens is 2. The number of nitrogens with zero attached hydrogens (tertiary/aromatic N) is 2. The van der Waals surface area contributed by atoms with Crippen LogP contribution < -0.4 is 5.32 Å². The largest absolute Gasteiger partial charge is 0.352 e. The Labute approximate surface area is 150 Å². The summed E-state index contributed by atoms with van der Waals surface area (Å²) >= 11 is 11.8. The summed E-state index contributed by atoms with van der Waals surface area (Å²) in [4.78, 5) is 12.0. The van der Waals surface area contributed by atoms with Crippen LogP contribution in [0.1, 0.15) is 11.1 Å². The number of aromatic nitrogens is 2. The molecule has 0 fully saturated rings. The highest BCUT2D eigenvalue weighted by Gasteiger charge is 2.06. The van der Waals surface area contributed by atoms with E-state index in [0.717, 1.165) is 16.8 Å². The van der Waals surface area contributed by atoms with Gasteiger partial charge >= 0.3 is 0 Å². The number of benzene rings is 2. The Hall–Kier alpha value is -2.30. The Balaban J connectivity index is 1.55. The molecule has 0 unspecified atom stereocenters. The Bertz CT molecular complexity index is 830. The van der Waals surface area contributed by atoms with Crippen molar-refractivity contribution in [3.63, 3.8) is 0 Å². The molecular formula is C18H15Cl2N3O. The predicted molar refractivity (Wildman–Crippen MR) is 95.6 cm³/mol. The lowest BCUT2D eigenvalue weighted by atomic mass is 10.1. The molecule has 1 N–H and O–H groups in total. The third-order valence-electron chi connectivity index (χ3n) is 3.54. The van der Waals surface area contributed by atoms with Crippen molar-refractivity contribution in [2.45, 2.75) is 13.0 Å². The van der Waals surface area contributed by atoms with Crippen molar-refractivity contribution in [2.75, 3.05) is 0 Å². The van der Waals surface area contributed by atoms with Crippen molar-refractivity contribution in [3.05, 3.63) is 82.1 Å². The van der Waals surface area contributed by atoms with Gasteiger partial charge in [-0.1, -0.05) is 41.4 Å². The second-order valence-electron chi connectivity index (χ2n) is 5.32. The maximum Gasteiger partial charge on any atom is 0.224 e. The molecule has 0 aliphatic heterocycles. The molecule has 24 heavy (non-hydrogen) atoms. The molecule has 0 saturated heterocycles. The first kappa shape index (κ1) is 16.6. The van der Waals surface area contributed by atoms with E-state index in [9.17, 15) is 4.79 Å². The highest BCUT2D eigenvalue weighted by Crippen LogP contribution is 2.22. The second-order valence-corrected chi connectivity index (χ2v) is 6.13. The lowest BCUT2D eigenvalue weighted by Gasteiger charge is -2.07. The number of amides is 1. The Kier molecular flexibility index (Phi) is 5.18. The highest BCUT2D eigenvalue weighted by molar-refractivity contribution is 6.42. The fourth-order valence-electron chi connectivity index (χ4n) is 2.29. The molecule has 122 valence electrons. The van der Waals surface area contributed by atoms with Gasteiger partial charge in [0, 0.05) is 18.9 Å². The predicted octanol–water partition coefficient (Wildman–Crippen LogP) is 4.04. The molecule has 0 bridgehead atoms. The molecule has 1 heterocycles. The average Bonchev–Trinajstić information content (AvgIpc) is 3.11. The first-order valence-corrected chi connectivity index (χ1v) is 8.17. The van der Waals surface area contributed by atoms with E-state index in [0.29, 0.717) is 16.6 Å². The summed E-state index contributed by atoms with van der Waals surface area (Å²) in [6, 6.07) is 14.9. The molecule has 0 radical (unpaired) electrons. The van der Waals surface area contributed by atoms with Crippen LogP contribution >= 0.6 is 23.2 Å². The zero-order valence-corrected chi connectivity index (χ0v) is 14.3. The summed E-state index contributed by atoms with van der Waals surface area (Å²) in [5, 5.41) is 8.01. The van der Waals surface area contributed by atoms with Gasteiger partial charge in [-0.15, -0.1) is 0 Å². The zero-order valence-electron chi connectivity index (χ0n) is 12.7. The van der Waals surface area contributed by atoms with Gasteiger partial charge < -0.3 is 5.32 Å². The van der Waals surface area contributed by atoms with Crippen LogP contribution in [0.15, 0.2) is 60.9 Å². The summed E-state index contributed by atoms with van der Waals surface area (Å²) in [6.45, 7) is 0.472. The Morgan fingerprint density at radius 2 is 1.79 bits per heavy atom. The Morgan fingerprint density at radius 3 is 2.46 bits per heavy atom. The molecular weight excluding hydrogens is 345 g/mol. The quantitative estimate of drug-likeness (QED) is 0.747. The Morgan fingerprint density at radius 1 is 1.04 bits per heavy atom. The highest BCUT2D eigenvalue weighted by atomic mass is 35.5. The number of carbonyl (C=O) groups excluding carboxylic acids is 1. The van der Waals surface area contributed by atoms with Gasteiger partial charge in [0.15, 0.2) is 0 Å². The molecule has 3 rings (SSSR count). The fourth-order valence-corrected chi connectivity index (χ4v) is 2.61. The normalized spacial score (nSPS) is 10.6. The van der Waals surface area contributed by atoms with Gasteiger partial charge in [-0.3, -0.25) is 4.79 Å². The van der Waals surface area contributed by atoms with Crippen molar-refractivity contribution >= 4 is 29.1 Å². The molecule has 1 aromatic heterocycles.